The molecule has 0 fully saturated rings. The maximum Gasteiger partial charge on any atom is 0.488 e. The van der Waals surface area contributed by atoms with E-state index in [9.17, 15) is 0 Å². The highest BCUT2D eigenvalue weighted by Crippen LogP contribution is 2.05. The molecular weight excluding hydrogens is 165 g/mol. The van der Waals surface area contributed by atoms with Gasteiger partial charge in [0.05, 0.1) is 0 Å². The van der Waals surface area contributed by atoms with Crippen LogP contribution < -0.4 is 10.8 Å². The highest BCUT2D eigenvalue weighted by molar-refractivity contribution is 6.58. The van der Waals surface area contributed by atoms with Gasteiger partial charge in [-0.2, -0.15) is 0 Å². The van der Waals surface area contributed by atoms with Crippen molar-refractivity contribution in [2.24, 2.45) is 0 Å². The Kier molecular flexibility index (Phi) is 3.34. The van der Waals surface area contributed by atoms with E-state index >= 15 is 0 Å². The minimum Gasteiger partial charge on any atom is -0.423 e. The summed E-state index contributed by atoms with van der Waals surface area (Å²) in [6.45, 7) is 4.06. The predicted octanol–water partition coefficient (Wildman–Crippen LogP) is 0.187. The first kappa shape index (κ1) is 10.1. The second-order valence-electron chi connectivity index (χ2n) is 3.30. The van der Waals surface area contributed by atoms with Crippen molar-refractivity contribution in [3.63, 3.8) is 0 Å². The Balaban J connectivity index is 2.79. The number of anilines is 1. The summed E-state index contributed by atoms with van der Waals surface area (Å²) < 4.78 is 0. The lowest BCUT2D eigenvalue weighted by atomic mass is 9.80. The summed E-state index contributed by atoms with van der Waals surface area (Å²) in [6, 6.07) is 7.43. The zero-order valence-electron chi connectivity index (χ0n) is 7.86. The maximum atomic E-state index is 8.91. The summed E-state index contributed by atoms with van der Waals surface area (Å²) in [5.41, 5.74) is 1.41. The van der Waals surface area contributed by atoms with Gasteiger partial charge in [-0.1, -0.05) is 12.1 Å². The van der Waals surface area contributed by atoms with Crippen LogP contribution in [0.1, 0.15) is 13.8 Å². The highest BCUT2D eigenvalue weighted by atomic mass is 16.4. The van der Waals surface area contributed by atoms with Crippen molar-refractivity contribution in [3.05, 3.63) is 24.3 Å². The van der Waals surface area contributed by atoms with E-state index in [4.69, 9.17) is 10.0 Å². The Labute approximate surface area is 78.6 Å². The quantitative estimate of drug-likeness (QED) is 0.580. The molecule has 0 aliphatic rings. The number of benzene rings is 1. The van der Waals surface area contributed by atoms with Crippen molar-refractivity contribution < 1.29 is 10.0 Å². The third-order valence-electron chi connectivity index (χ3n) is 1.64. The van der Waals surface area contributed by atoms with Crippen LogP contribution in [-0.4, -0.2) is 23.2 Å². The Hall–Kier alpha value is -0.995. The summed E-state index contributed by atoms with van der Waals surface area (Å²) in [5.74, 6) is 0. The molecule has 0 aliphatic carbocycles. The number of nitrogens with one attached hydrogen (secondary N) is 1. The molecule has 0 spiro atoms. The van der Waals surface area contributed by atoms with Gasteiger partial charge in [0.1, 0.15) is 0 Å². The number of rotatable bonds is 3. The molecule has 0 unspecified atom stereocenters. The molecule has 70 valence electrons. The lowest BCUT2D eigenvalue weighted by Crippen LogP contribution is -2.30. The van der Waals surface area contributed by atoms with Crippen LogP contribution in [-0.2, 0) is 0 Å². The lowest BCUT2D eigenvalue weighted by Gasteiger charge is -2.10. The van der Waals surface area contributed by atoms with E-state index in [-0.39, 0.29) is 0 Å². The van der Waals surface area contributed by atoms with Crippen molar-refractivity contribution in [2.45, 2.75) is 19.9 Å². The predicted molar refractivity (Wildman–Crippen MR) is 55.0 cm³/mol. The van der Waals surface area contributed by atoms with Crippen LogP contribution >= 0.6 is 0 Å². The highest BCUT2D eigenvalue weighted by Gasteiger charge is 2.10. The third-order valence-corrected chi connectivity index (χ3v) is 1.64. The van der Waals surface area contributed by atoms with Crippen molar-refractivity contribution in [1.82, 2.24) is 0 Å². The fraction of sp³-hybridized carbons (Fsp3) is 0.333. The van der Waals surface area contributed by atoms with Gasteiger partial charge in [-0.3, -0.25) is 0 Å². The molecule has 1 aromatic carbocycles. The van der Waals surface area contributed by atoms with Crippen LogP contribution in [0, 0.1) is 0 Å². The van der Waals surface area contributed by atoms with Crippen LogP contribution in [0.25, 0.3) is 0 Å². The molecule has 0 heterocycles. The van der Waals surface area contributed by atoms with Crippen molar-refractivity contribution in [2.75, 3.05) is 5.32 Å². The van der Waals surface area contributed by atoms with Gasteiger partial charge >= 0.3 is 7.12 Å². The van der Waals surface area contributed by atoms with Gasteiger partial charge in [-0.05, 0) is 31.4 Å². The van der Waals surface area contributed by atoms with E-state index in [1.54, 1.807) is 18.2 Å². The summed E-state index contributed by atoms with van der Waals surface area (Å²) in [6.07, 6.45) is 0. The van der Waals surface area contributed by atoms with Crippen LogP contribution in [0.3, 0.4) is 0 Å². The molecule has 0 amide bonds. The molecule has 1 aromatic rings. The fourth-order valence-electron chi connectivity index (χ4n) is 1.12. The van der Waals surface area contributed by atoms with Gasteiger partial charge in [0.2, 0.25) is 0 Å². The number of hydrogen-bond donors (Lipinski definition) is 3. The Bertz CT molecular complexity index is 276. The molecule has 0 saturated heterocycles. The maximum absolute atomic E-state index is 8.91. The van der Waals surface area contributed by atoms with Crippen molar-refractivity contribution in [3.8, 4) is 0 Å². The summed E-state index contributed by atoms with van der Waals surface area (Å²) in [4.78, 5) is 0. The van der Waals surface area contributed by atoms with Gasteiger partial charge in [-0.15, -0.1) is 0 Å². The minimum absolute atomic E-state index is 0.339. The van der Waals surface area contributed by atoms with Crippen LogP contribution in [0.15, 0.2) is 24.3 Å². The van der Waals surface area contributed by atoms with Crippen LogP contribution in [0.2, 0.25) is 0 Å². The largest absolute Gasteiger partial charge is 0.488 e. The smallest absolute Gasteiger partial charge is 0.423 e. The van der Waals surface area contributed by atoms with Crippen molar-refractivity contribution >= 4 is 18.3 Å². The van der Waals surface area contributed by atoms with Crippen LogP contribution in [0.4, 0.5) is 5.69 Å². The summed E-state index contributed by atoms with van der Waals surface area (Å²) >= 11 is 0. The average Bonchev–Trinajstić information content (AvgIpc) is 2.03. The molecule has 0 radical (unpaired) electrons. The molecule has 3 nitrogen and oxygen atoms in total. The minimum atomic E-state index is -1.39. The average molecular weight is 179 g/mol. The van der Waals surface area contributed by atoms with E-state index < -0.39 is 7.12 Å². The van der Waals surface area contributed by atoms with Gasteiger partial charge in [-0.25, -0.2) is 0 Å². The Morgan fingerprint density at radius 1 is 1.31 bits per heavy atom. The second kappa shape index (κ2) is 4.30. The molecule has 0 aliphatic heterocycles. The SMILES string of the molecule is CC(C)Nc1cccc(B(O)O)c1. The fourth-order valence-corrected chi connectivity index (χ4v) is 1.12. The van der Waals surface area contributed by atoms with E-state index in [1.807, 2.05) is 19.9 Å². The zero-order chi connectivity index (χ0) is 9.84. The molecule has 3 N–H and O–H groups in total. The number of hydrogen-bond acceptors (Lipinski definition) is 3. The molecule has 1 rings (SSSR count). The van der Waals surface area contributed by atoms with Gasteiger partial charge in [0, 0.05) is 11.7 Å². The molecule has 4 heteroatoms. The van der Waals surface area contributed by atoms with E-state index in [2.05, 4.69) is 5.32 Å². The van der Waals surface area contributed by atoms with Gasteiger partial charge < -0.3 is 15.4 Å². The van der Waals surface area contributed by atoms with Gasteiger partial charge in [0.15, 0.2) is 0 Å². The van der Waals surface area contributed by atoms with Crippen molar-refractivity contribution in [1.29, 1.82) is 0 Å². The first-order valence-corrected chi connectivity index (χ1v) is 4.32. The topological polar surface area (TPSA) is 52.5 Å². The third kappa shape index (κ3) is 3.09. The lowest BCUT2D eigenvalue weighted by molar-refractivity contribution is 0.426. The Morgan fingerprint density at radius 3 is 2.54 bits per heavy atom. The van der Waals surface area contributed by atoms with Crippen LogP contribution in [0.5, 0.6) is 0 Å². The van der Waals surface area contributed by atoms with E-state index in [0.717, 1.165) is 5.69 Å². The first-order chi connectivity index (χ1) is 6.09. The monoisotopic (exact) mass is 179 g/mol. The first-order valence-electron chi connectivity index (χ1n) is 4.32. The summed E-state index contributed by atoms with van der Waals surface area (Å²) in [7, 11) is -1.39. The summed E-state index contributed by atoms with van der Waals surface area (Å²) in [5, 5.41) is 21.0. The molecule has 0 atom stereocenters. The Morgan fingerprint density at radius 2 is 2.00 bits per heavy atom. The normalized spacial score (nSPS) is 10.2. The second-order valence-corrected chi connectivity index (χ2v) is 3.30. The molecule has 0 saturated carbocycles. The van der Waals surface area contributed by atoms with E-state index in [1.165, 1.54) is 0 Å². The molecule has 0 aromatic heterocycles. The van der Waals surface area contributed by atoms with E-state index in [0.29, 0.717) is 11.5 Å². The molecular formula is C9H14BNO2. The van der Waals surface area contributed by atoms with Gasteiger partial charge in [0.25, 0.3) is 0 Å². The zero-order valence-corrected chi connectivity index (χ0v) is 7.86. The molecule has 13 heavy (non-hydrogen) atoms. The molecule has 0 bridgehead atoms. The standard InChI is InChI=1S/C9H14BNO2/c1-7(2)11-9-5-3-4-8(6-9)10(12)13/h3-7,11-13H,1-2H3.